The maximum absolute atomic E-state index is 10.3. The van der Waals surface area contributed by atoms with Gasteiger partial charge in [0.15, 0.2) is 11.8 Å². The number of nitrogens with zero attached hydrogens (tertiary/aromatic N) is 3. The van der Waals surface area contributed by atoms with Crippen LogP contribution in [-0.2, 0) is 6.54 Å². The second kappa shape index (κ2) is 10.8. The number of guanidine groups is 1. The molecule has 0 spiro atoms. The third kappa shape index (κ3) is 7.35. The second-order valence-corrected chi connectivity index (χ2v) is 5.90. The van der Waals surface area contributed by atoms with Crippen LogP contribution >= 0.6 is 47.2 Å². The van der Waals surface area contributed by atoms with Gasteiger partial charge < -0.3 is 20.3 Å². The number of benzene rings is 1. The maximum atomic E-state index is 10.3. The van der Waals surface area contributed by atoms with Gasteiger partial charge in [0.1, 0.15) is 6.54 Å². The van der Waals surface area contributed by atoms with E-state index in [1.54, 1.807) is 25.1 Å². The molecule has 0 saturated heterocycles. The summed E-state index contributed by atoms with van der Waals surface area (Å²) in [5.74, 6) is 1.51. The molecular weight excluding hydrogens is 480 g/mol. The van der Waals surface area contributed by atoms with E-state index >= 15 is 0 Å². The molecule has 0 amide bonds. The van der Waals surface area contributed by atoms with Crippen LogP contribution in [0.25, 0.3) is 0 Å². The molecule has 7 nitrogen and oxygen atoms in total. The predicted molar refractivity (Wildman–Crippen MR) is 109 cm³/mol. The van der Waals surface area contributed by atoms with Crippen molar-refractivity contribution in [3.05, 3.63) is 45.5 Å². The average Bonchev–Trinajstić information content (AvgIpc) is 2.94. The van der Waals surface area contributed by atoms with E-state index in [4.69, 9.17) is 27.7 Å². The van der Waals surface area contributed by atoms with Crippen LogP contribution in [0.4, 0.5) is 0 Å². The van der Waals surface area contributed by atoms with Gasteiger partial charge in [-0.15, -0.1) is 24.0 Å². The Balaban J connectivity index is 0.00000312. The standard InChI is InChI=1S/C15H19Cl2N5O2.HI/c1-3-18-15(20-8-14-21-9(2)22-24-14)19-7-13(23)10-4-11(16)6-12(17)5-10;/h4-6,13,23H,3,7-8H2,1-2H3,(H2,18,19,20);1H. The lowest BCUT2D eigenvalue weighted by molar-refractivity contribution is 0.181. The van der Waals surface area contributed by atoms with Crippen LogP contribution in [0.15, 0.2) is 27.7 Å². The highest BCUT2D eigenvalue weighted by Gasteiger charge is 2.11. The summed E-state index contributed by atoms with van der Waals surface area (Å²) in [6.07, 6.45) is -0.782. The van der Waals surface area contributed by atoms with Crippen molar-refractivity contribution < 1.29 is 9.63 Å². The van der Waals surface area contributed by atoms with Crippen molar-refractivity contribution in [2.75, 3.05) is 13.1 Å². The Kier molecular flexibility index (Phi) is 9.47. The predicted octanol–water partition coefficient (Wildman–Crippen LogP) is 3.09. The molecule has 3 N–H and O–H groups in total. The molecule has 0 saturated carbocycles. The number of hydrogen-bond acceptors (Lipinski definition) is 5. The van der Waals surface area contributed by atoms with Crippen molar-refractivity contribution in [3.63, 3.8) is 0 Å². The van der Waals surface area contributed by atoms with Crippen LogP contribution in [0.1, 0.15) is 30.3 Å². The molecule has 1 atom stereocenters. The van der Waals surface area contributed by atoms with Crippen LogP contribution < -0.4 is 10.6 Å². The highest BCUT2D eigenvalue weighted by atomic mass is 127. The highest BCUT2D eigenvalue weighted by molar-refractivity contribution is 14.0. The van der Waals surface area contributed by atoms with Crippen molar-refractivity contribution in [1.82, 2.24) is 20.8 Å². The summed E-state index contributed by atoms with van der Waals surface area (Å²) in [6.45, 7) is 4.85. The lowest BCUT2D eigenvalue weighted by Gasteiger charge is -2.15. The van der Waals surface area contributed by atoms with Crippen LogP contribution in [-0.4, -0.2) is 34.3 Å². The van der Waals surface area contributed by atoms with Gasteiger partial charge in [0.25, 0.3) is 0 Å². The van der Waals surface area contributed by atoms with Gasteiger partial charge in [0.05, 0.1) is 6.10 Å². The van der Waals surface area contributed by atoms with Crippen molar-refractivity contribution in [2.24, 2.45) is 4.99 Å². The summed E-state index contributed by atoms with van der Waals surface area (Å²) in [6, 6.07) is 4.96. The summed E-state index contributed by atoms with van der Waals surface area (Å²) in [7, 11) is 0. The molecule has 10 heteroatoms. The quantitative estimate of drug-likeness (QED) is 0.321. The number of aliphatic imine (C=N–C) groups is 1. The summed E-state index contributed by atoms with van der Waals surface area (Å²) >= 11 is 11.9. The molecule has 0 aliphatic heterocycles. The van der Waals surface area contributed by atoms with Gasteiger partial charge in [-0.3, -0.25) is 0 Å². The molecule has 0 aliphatic carbocycles. The molecule has 0 bridgehead atoms. The zero-order valence-corrected chi connectivity index (χ0v) is 17.6. The van der Waals surface area contributed by atoms with Gasteiger partial charge in [0, 0.05) is 23.1 Å². The first-order chi connectivity index (χ1) is 11.5. The Morgan fingerprint density at radius 2 is 1.96 bits per heavy atom. The smallest absolute Gasteiger partial charge is 0.248 e. The number of halogens is 3. The zero-order chi connectivity index (χ0) is 17.5. The van der Waals surface area contributed by atoms with Crippen LogP contribution in [0.2, 0.25) is 10.0 Å². The number of aliphatic hydroxyl groups is 1. The fourth-order valence-electron chi connectivity index (χ4n) is 1.97. The molecule has 25 heavy (non-hydrogen) atoms. The normalized spacial score (nSPS) is 12.4. The van der Waals surface area contributed by atoms with Crippen molar-refractivity contribution in [3.8, 4) is 0 Å². The third-order valence-corrected chi connectivity index (χ3v) is 3.46. The topological polar surface area (TPSA) is 95.6 Å². The first-order valence-corrected chi connectivity index (χ1v) is 8.19. The van der Waals surface area contributed by atoms with Gasteiger partial charge in [-0.2, -0.15) is 4.98 Å². The third-order valence-electron chi connectivity index (χ3n) is 3.02. The molecule has 0 fully saturated rings. The molecule has 1 aromatic carbocycles. The van der Waals surface area contributed by atoms with Crippen LogP contribution in [0.3, 0.4) is 0 Å². The first-order valence-electron chi connectivity index (χ1n) is 7.43. The largest absolute Gasteiger partial charge is 0.387 e. The van der Waals surface area contributed by atoms with Gasteiger partial charge in [-0.25, -0.2) is 4.99 Å². The molecule has 2 rings (SSSR count). The molecule has 2 aromatic rings. The number of aryl methyl sites for hydroxylation is 1. The lowest BCUT2D eigenvalue weighted by atomic mass is 10.1. The van der Waals surface area contributed by atoms with E-state index in [9.17, 15) is 5.11 Å². The van der Waals surface area contributed by atoms with Crippen molar-refractivity contribution in [1.29, 1.82) is 0 Å². The number of aromatic nitrogens is 2. The van der Waals surface area contributed by atoms with Crippen molar-refractivity contribution in [2.45, 2.75) is 26.5 Å². The van der Waals surface area contributed by atoms with Gasteiger partial charge in [0.2, 0.25) is 5.89 Å². The SMILES string of the molecule is CCNC(=NCc1nc(C)no1)NCC(O)c1cc(Cl)cc(Cl)c1.I. The van der Waals surface area contributed by atoms with Crippen molar-refractivity contribution >= 4 is 53.1 Å². The van der Waals surface area contributed by atoms with E-state index in [-0.39, 0.29) is 37.1 Å². The van der Waals surface area contributed by atoms with E-state index < -0.39 is 6.10 Å². The molecule has 138 valence electrons. The van der Waals surface area contributed by atoms with Crippen LogP contribution in [0, 0.1) is 6.92 Å². The van der Waals surface area contributed by atoms with Gasteiger partial charge >= 0.3 is 0 Å². The Labute approximate surface area is 173 Å². The Bertz CT molecular complexity index is 691. The monoisotopic (exact) mass is 499 g/mol. The molecule has 0 aliphatic rings. The summed E-state index contributed by atoms with van der Waals surface area (Å²) in [5, 5.41) is 21.1. The Hall–Kier alpha value is -1.10. The minimum atomic E-state index is -0.782. The maximum Gasteiger partial charge on any atom is 0.248 e. The number of rotatable bonds is 6. The minimum absolute atomic E-state index is 0. The van der Waals surface area contributed by atoms with E-state index in [1.807, 2.05) is 6.92 Å². The van der Waals surface area contributed by atoms with Crippen LogP contribution in [0.5, 0.6) is 0 Å². The Morgan fingerprint density at radius 1 is 1.28 bits per heavy atom. The fourth-order valence-corrected chi connectivity index (χ4v) is 2.51. The molecule has 0 radical (unpaired) electrons. The minimum Gasteiger partial charge on any atom is -0.387 e. The lowest BCUT2D eigenvalue weighted by Crippen LogP contribution is -2.39. The second-order valence-electron chi connectivity index (χ2n) is 5.03. The summed E-state index contributed by atoms with van der Waals surface area (Å²) in [5.41, 5.74) is 0.628. The summed E-state index contributed by atoms with van der Waals surface area (Å²) in [4.78, 5) is 8.42. The van der Waals surface area contributed by atoms with E-state index in [1.165, 1.54) is 0 Å². The van der Waals surface area contributed by atoms with E-state index in [2.05, 4.69) is 25.8 Å². The molecule has 1 heterocycles. The molecular formula is C15H20Cl2IN5O2. The van der Waals surface area contributed by atoms with Gasteiger partial charge in [-0.1, -0.05) is 28.4 Å². The fraction of sp³-hybridized carbons (Fsp3) is 0.400. The number of nitrogens with one attached hydrogen (secondary N) is 2. The van der Waals surface area contributed by atoms with E-state index in [0.29, 0.717) is 39.8 Å². The number of aliphatic hydroxyl groups excluding tert-OH is 1. The van der Waals surface area contributed by atoms with E-state index in [0.717, 1.165) is 0 Å². The summed E-state index contributed by atoms with van der Waals surface area (Å²) < 4.78 is 5.01. The zero-order valence-electron chi connectivity index (χ0n) is 13.8. The highest BCUT2D eigenvalue weighted by Crippen LogP contribution is 2.23. The van der Waals surface area contributed by atoms with Gasteiger partial charge in [-0.05, 0) is 37.6 Å². The number of hydrogen-bond donors (Lipinski definition) is 3. The molecule has 1 aromatic heterocycles. The Morgan fingerprint density at radius 3 is 2.52 bits per heavy atom. The first kappa shape index (κ1) is 21.9. The molecule has 1 unspecified atom stereocenters. The average molecular weight is 500 g/mol.